The zero-order valence-corrected chi connectivity index (χ0v) is 14.2. The van der Waals surface area contributed by atoms with Gasteiger partial charge in [0.1, 0.15) is 17.2 Å². The monoisotopic (exact) mass is 336 g/mol. The highest BCUT2D eigenvalue weighted by Crippen LogP contribution is 2.30. The Hall–Kier alpha value is -2.14. The van der Waals surface area contributed by atoms with Gasteiger partial charge >= 0.3 is 6.09 Å². The van der Waals surface area contributed by atoms with E-state index < -0.39 is 17.5 Å². The van der Waals surface area contributed by atoms with Crippen LogP contribution in [0.15, 0.2) is 36.5 Å². The van der Waals surface area contributed by atoms with Crippen molar-refractivity contribution in [1.29, 1.82) is 0 Å². The Morgan fingerprint density at radius 1 is 1.26 bits per heavy atom. The first-order valence-corrected chi connectivity index (χ1v) is 7.46. The van der Waals surface area contributed by atoms with Crippen molar-refractivity contribution in [3.05, 3.63) is 52.9 Å². The van der Waals surface area contributed by atoms with E-state index >= 15 is 0 Å². The average Bonchev–Trinajstić information content (AvgIpc) is 2.39. The summed E-state index contributed by atoms with van der Waals surface area (Å²) in [5.41, 5.74) is 0.196. The fourth-order valence-electron chi connectivity index (χ4n) is 1.93. The number of benzene rings is 1. The predicted octanol–water partition coefficient (Wildman–Crippen LogP) is 5.26. The van der Waals surface area contributed by atoms with Crippen LogP contribution in [0, 0.1) is 12.7 Å². The van der Waals surface area contributed by atoms with E-state index in [2.05, 4.69) is 4.98 Å². The van der Waals surface area contributed by atoms with Crippen LogP contribution in [0.5, 0.6) is 0 Å². The van der Waals surface area contributed by atoms with E-state index in [0.717, 1.165) is 16.5 Å². The third-order valence-electron chi connectivity index (χ3n) is 2.86. The third kappa shape index (κ3) is 4.42. The van der Waals surface area contributed by atoms with E-state index in [9.17, 15) is 9.18 Å². The molecule has 2 rings (SSSR count). The first-order valence-electron chi connectivity index (χ1n) is 7.08. The number of aryl methyl sites for hydroxylation is 1. The lowest BCUT2D eigenvalue weighted by molar-refractivity contribution is 0.0597. The van der Waals surface area contributed by atoms with Crippen molar-refractivity contribution in [2.75, 3.05) is 4.90 Å². The molecule has 1 aromatic heterocycles. The molecule has 0 unspecified atom stereocenters. The van der Waals surface area contributed by atoms with Crippen LogP contribution in [0.4, 0.5) is 20.7 Å². The Bertz CT molecular complexity index is 729. The largest absolute Gasteiger partial charge is 0.443 e. The molecule has 0 radical (unpaired) electrons. The van der Waals surface area contributed by atoms with Gasteiger partial charge in [-0.25, -0.2) is 19.1 Å². The molecule has 2 aromatic rings. The summed E-state index contributed by atoms with van der Waals surface area (Å²) in [7, 11) is 0. The van der Waals surface area contributed by atoms with Crippen molar-refractivity contribution in [2.45, 2.75) is 33.3 Å². The fraction of sp³-hybridized carbons (Fsp3) is 0.294. The minimum absolute atomic E-state index is 0.0294. The summed E-state index contributed by atoms with van der Waals surface area (Å²) in [6.07, 6.45) is 0.840. The number of carbonyl (C=O) groups excluding carboxylic acids is 1. The number of rotatable bonds is 2. The summed E-state index contributed by atoms with van der Waals surface area (Å²) in [5.74, 6) is -0.355. The summed E-state index contributed by atoms with van der Waals surface area (Å²) in [6.45, 7) is 7.08. The summed E-state index contributed by atoms with van der Waals surface area (Å²) in [5, 5.41) is 0.243. The molecular formula is C17H18ClFN2O2. The van der Waals surface area contributed by atoms with Gasteiger partial charge in [-0.1, -0.05) is 11.6 Å². The van der Waals surface area contributed by atoms with Crippen LogP contribution in [-0.2, 0) is 4.74 Å². The number of nitrogens with zero attached hydrogens (tertiary/aromatic N) is 2. The second-order valence-corrected chi connectivity index (χ2v) is 6.54. The number of pyridine rings is 1. The lowest BCUT2D eigenvalue weighted by Crippen LogP contribution is -2.34. The van der Waals surface area contributed by atoms with Crippen molar-refractivity contribution >= 4 is 29.2 Å². The highest BCUT2D eigenvalue weighted by molar-refractivity contribution is 6.30. The van der Waals surface area contributed by atoms with Gasteiger partial charge in [0.05, 0.1) is 5.69 Å². The van der Waals surface area contributed by atoms with E-state index in [4.69, 9.17) is 16.3 Å². The molecule has 1 heterocycles. The van der Waals surface area contributed by atoms with Crippen LogP contribution in [0.1, 0.15) is 26.3 Å². The van der Waals surface area contributed by atoms with Crippen LogP contribution in [0.3, 0.4) is 0 Å². The van der Waals surface area contributed by atoms with E-state index in [1.807, 2.05) is 6.92 Å². The zero-order chi connectivity index (χ0) is 17.2. The maximum absolute atomic E-state index is 14.3. The number of amides is 1. The van der Waals surface area contributed by atoms with E-state index in [-0.39, 0.29) is 16.5 Å². The van der Waals surface area contributed by atoms with Gasteiger partial charge in [-0.3, -0.25) is 0 Å². The number of ether oxygens (including phenoxy) is 1. The number of halogens is 2. The number of hydrogen-bond acceptors (Lipinski definition) is 3. The minimum Gasteiger partial charge on any atom is -0.443 e. The number of anilines is 2. The van der Waals surface area contributed by atoms with Crippen LogP contribution in [0.2, 0.25) is 5.02 Å². The number of aromatic nitrogens is 1. The van der Waals surface area contributed by atoms with Crippen molar-refractivity contribution < 1.29 is 13.9 Å². The van der Waals surface area contributed by atoms with Gasteiger partial charge in [-0.15, -0.1) is 0 Å². The van der Waals surface area contributed by atoms with Gasteiger partial charge < -0.3 is 4.74 Å². The van der Waals surface area contributed by atoms with Gasteiger partial charge in [-0.2, -0.15) is 0 Å². The summed E-state index contributed by atoms with van der Waals surface area (Å²) < 4.78 is 19.7. The van der Waals surface area contributed by atoms with Crippen LogP contribution >= 0.6 is 11.6 Å². The summed E-state index contributed by atoms with van der Waals surface area (Å²) >= 11 is 5.79. The minimum atomic E-state index is -0.720. The Morgan fingerprint density at radius 3 is 2.52 bits per heavy atom. The molecule has 122 valence electrons. The van der Waals surface area contributed by atoms with Crippen molar-refractivity contribution in [2.24, 2.45) is 0 Å². The molecule has 1 aromatic carbocycles. The first kappa shape index (κ1) is 17.2. The van der Waals surface area contributed by atoms with Crippen LogP contribution in [0.25, 0.3) is 0 Å². The van der Waals surface area contributed by atoms with Crippen LogP contribution in [-0.4, -0.2) is 16.7 Å². The normalized spacial score (nSPS) is 11.2. The molecule has 1 amide bonds. The fourth-order valence-corrected chi connectivity index (χ4v) is 2.09. The van der Waals surface area contributed by atoms with Crippen molar-refractivity contribution in [3.8, 4) is 0 Å². The zero-order valence-electron chi connectivity index (χ0n) is 13.4. The molecule has 0 saturated heterocycles. The van der Waals surface area contributed by atoms with Gasteiger partial charge in [0, 0.05) is 11.2 Å². The lowest BCUT2D eigenvalue weighted by Gasteiger charge is -2.27. The Kier molecular flexibility index (Phi) is 4.90. The average molecular weight is 337 g/mol. The topological polar surface area (TPSA) is 42.4 Å². The molecule has 0 N–H and O–H groups in total. The molecule has 0 atom stereocenters. The quantitative estimate of drug-likeness (QED) is 0.751. The number of carbonyl (C=O) groups is 1. The molecule has 0 aliphatic carbocycles. The molecule has 4 nitrogen and oxygen atoms in total. The molecule has 6 heteroatoms. The summed E-state index contributed by atoms with van der Waals surface area (Å²) in [4.78, 5) is 17.8. The van der Waals surface area contributed by atoms with Gasteiger partial charge in [0.2, 0.25) is 0 Å². The van der Waals surface area contributed by atoms with Crippen LogP contribution < -0.4 is 4.90 Å². The smallest absolute Gasteiger partial charge is 0.420 e. The van der Waals surface area contributed by atoms with E-state index in [1.165, 1.54) is 12.1 Å². The van der Waals surface area contributed by atoms with E-state index in [1.54, 1.807) is 39.1 Å². The molecule has 0 saturated carbocycles. The Labute approximate surface area is 139 Å². The molecule has 23 heavy (non-hydrogen) atoms. The molecule has 0 aliphatic rings. The second-order valence-electron chi connectivity index (χ2n) is 6.10. The maximum Gasteiger partial charge on any atom is 0.420 e. The summed E-state index contributed by atoms with van der Waals surface area (Å²) in [6, 6.07) is 7.54. The highest BCUT2D eigenvalue weighted by atomic mass is 35.5. The highest BCUT2D eigenvalue weighted by Gasteiger charge is 2.27. The Balaban J connectivity index is 2.53. The standard InChI is InChI=1S/C17H18ClFN2O2/c1-11-7-8-20-15(9-11)21(16(22)23-17(2,3)4)14-6-5-12(18)10-13(14)19/h5-10H,1-4H3. The van der Waals surface area contributed by atoms with Gasteiger partial charge in [0.25, 0.3) is 0 Å². The lowest BCUT2D eigenvalue weighted by atomic mass is 10.2. The third-order valence-corrected chi connectivity index (χ3v) is 3.09. The first-order chi connectivity index (χ1) is 10.7. The molecule has 0 aliphatic heterocycles. The SMILES string of the molecule is Cc1ccnc(N(C(=O)OC(C)(C)C)c2ccc(Cl)cc2F)c1. The molecule has 0 fully saturated rings. The molecule has 0 bridgehead atoms. The maximum atomic E-state index is 14.3. The number of hydrogen-bond donors (Lipinski definition) is 0. The van der Waals surface area contributed by atoms with Gasteiger partial charge in [-0.05, 0) is 63.6 Å². The van der Waals surface area contributed by atoms with Crippen molar-refractivity contribution in [3.63, 3.8) is 0 Å². The molecule has 0 spiro atoms. The predicted molar refractivity (Wildman–Crippen MR) is 88.8 cm³/mol. The van der Waals surface area contributed by atoms with E-state index in [0.29, 0.717) is 0 Å². The Morgan fingerprint density at radius 2 is 1.96 bits per heavy atom. The second kappa shape index (κ2) is 6.54. The van der Waals surface area contributed by atoms with Crippen molar-refractivity contribution in [1.82, 2.24) is 4.98 Å². The van der Waals surface area contributed by atoms with Gasteiger partial charge in [0.15, 0.2) is 0 Å². The molecular weight excluding hydrogens is 319 g/mol.